The van der Waals surface area contributed by atoms with Gasteiger partial charge in [0.25, 0.3) is 0 Å². The molecule has 0 saturated heterocycles. The first-order valence-corrected chi connectivity index (χ1v) is 5.32. The minimum Gasteiger partial charge on any atom is -0.376 e. The molecule has 0 aliphatic heterocycles. The van der Waals surface area contributed by atoms with Gasteiger partial charge in [-0.15, -0.1) is 0 Å². The minimum atomic E-state index is -1.01. The standard InChI is InChI=1S/C11H25NO/c1-5-6-7-8-9-11(12,13)10(2,3)4/h13H,5-9,12H2,1-4H3. The van der Waals surface area contributed by atoms with Crippen molar-refractivity contribution in [3.8, 4) is 0 Å². The first-order valence-electron chi connectivity index (χ1n) is 5.32. The number of hydrogen-bond donors (Lipinski definition) is 2. The van der Waals surface area contributed by atoms with Crippen molar-refractivity contribution in [2.45, 2.75) is 65.5 Å². The van der Waals surface area contributed by atoms with Crippen molar-refractivity contribution in [3.63, 3.8) is 0 Å². The van der Waals surface area contributed by atoms with Gasteiger partial charge in [0, 0.05) is 5.41 Å². The topological polar surface area (TPSA) is 46.2 Å². The van der Waals surface area contributed by atoms with Crippen molar-refractivity contribution < 1.29 is 5.11 Å². The number of hydrogen-bond acceptors (Lipinski definition) is 2. The van der Waals surface area contributed by atoms with Crippen LogP contribution >= 0.6 is 0 Å². The maximum atomic E-state index is 9.93. The molecular formula is C11H25NO. The number of rotatable bonds is 5. The smallest absolute Gasteiger partial charge is 0.118 e. The van der Waals surface area contributed by atoms with Crippen molar-refractivity contribution in [3.05, 3.63) is 0 Å². The van der Waals surface area contributed by atoms with Crippen molar-refractivity contribution in [2.75, 3.05) is 0 Å². The van der Waals surface area contributed by atoms with E-state index in [0.717, 1.165) is 6.42 Å². The normalized spacial score (nSPS) is 17.1. The molecule has 3 N–H and O–H groups in total. The predicted octanol–water partition coefficient (Wildman–Crippen LogP) is 2.65. The largest absolute Gasteiger partial charge is 0.376 e. The molecule has 1 atom stereocenters. The van der Waals surface area contributed by atoms with E-state index in [9.17, 15) is 5.11 Å². The third kappa shape index (κ3) is 4.63. The fourth-order valence-electron chi connectivity index (χ4n) is 1.20. The highest BCUT2D eigenvalue weighted by Gasteiger charge is 2.34. The van der Waals surface area contributed by atoms with Gasteiger partial charge < -0.3 is 10.8 Å². The van der Waals surface area contributed by atoms with E-state index in [-0.39, 0.29) is 5.41 Å². The van der Waals surface area contributed by atoms with Gasteiger partial charge in [0.1, 0.15) is 5.72 Å². The average molecular weight is 187 g/mol. The summed E-state index contributed by atoms with van der Waals surface area (Å²) < 4.78 is 0. The second-order valence-electron chi connectivity index (χ2n) is 4.98. The Labute approximate surface area is 82.5 Å². The van der Waals surface area contributed by atoms with Crippen LogP contribution in [-0.2, 0) is 0 Å². The molecule has 0 rings (SSSR count). The molecule has 80 valence electrons. The Kier molecular flexibility index (Phi) is 4.93. The lowest BCUT2D eigenvalue weighted by Crippen LogP contribution is -2.51. The second kappa shape index (κ2) is 4.97. The van der Waals surface area contributed by atoms with Gasteiger partial charge in [0.15, 0.2) is 0 Å². The fraction of sp³-hybridized carbons (Fsp3) is 1.00. The average Bonchev–Trinajstić information content (AvgIpc) is 1.96. The van der Waals surface area contributed by atoms with Crippen LogP contribution in [0.2, 0.25) is 0 Å². The summed E-state index contributed by atoms with van der Waals surface area (Å²) in [7, 11) is 0. The van der Waals surface area contributed by atoms with E-state index in [1.54, 1.807) is 0 Å². The van der Waals surface area contributed by atoms with Gasteiger partial charge in [0.05, 0.1) is 0 Å². The van der Waals surface area contributed by atoms with Crippen LogP contribution in [0.4, 0.5) is 0 Å². The quantitative estimate of drug-likeness (QED) is 0.513. The van der Waals surface area contributed by atoms with Crippen LogP contribution in [0.25, 0.3) is 0 Å². The molecule has 0 spiro atoms. The Bertz CT molecular complexity index is 136. The van der Waals surface area contributed by atoms with E-state index in [2.05, 4.69) is 6.92 Å². The van der Waals surface area contributed by atoms with Gasteiger partial charge in [-0.2, -0.15) is 0 Å². The van der Waals surface area contributed by atoms with Gasteiger partial charge in [-0.05, 0) is 12.8 Å². The van der Waals surface area contributed by atoms with Crippen molar-refractivity contribution in [1.82, 2.24) is 0 Å². The molecule has 0 aliphatic rings. The van der Waals surface area contributed by atoms with E-state index in [0.29, 0.717) is 6.42 Å². The lowest BCUT2D eigenvalue weighted by Gasteiger charge is -2.36. The van der Waals surface area contributed by atoms with Crippen molar-refractivity contribution >= 4 is 0 Å². The number of nitrogens with two attached hydrogens (primary N) is 1. The molecule has 0 aromatic rings. The van der Waals surface area contributed by atoms with Crippen LogP contribution in [-0.4, -0.2) is 10.8 Å². The van der Waals surface area contributed by atoms with E-state index in [1.807, 2.05) is 20.8 Å². The van der Waals surface area contributed by atoms with Crippen LogP contribution < -0.4 is 5.73 Å². The minimum absolute atomic E-state index is 0.223. The Morgan fingerprint density at radius 1 is 1.08 bits per heavy atom. The monoisotopic (exact) mass is 187 g/mol. The molecule has 0 aromatic carbocycles. The van der Waals surface area contributed by atoms with E-state index >= 15 is 0 Å². The molecule has 0 saturated carbocycles. The molecule has 0 heterocycles. The lowest BCUT2D eigenvalue weighted by atomic mass is 9.80. The van der Waals surface area contributed by atoms with Gasteiger partial charge >= 0.3 is 0 Å². The molecule has 2 heteroatoms. The highest BCUT2D eigenvalue weighted by atomic mass is 16.3. The summed E-state index contributed by atoms with van der Waals surface area (Å²) in [6.07, 6.45) is 5.36. The predicted molar refractivity (Wildman–Crippen MR) is 57.4 cm³/mol. The Morgan fingerprint density at radius 3 is 2.00 bits per heavy atom. The van der Waals surface area contributed by atoms with Gasteiger partial charge in [-0.25, -0.2) is 0 Å². The van der Waals surface area contributed by atoms with E-state index in [4.69, 9.17) is 5.73 Å². The van der Waals surface area contributed by atoms with E-state index in [1.165, 1.54) is 19.3 Å². The zero-order chi connectivity index (χ0) is 10.5. The summed E-state index contributed by atoms with van der Waals surface area (Å²) in [5, 5.41) is 9.93. The Hall–Kier alpha value is -0.0800. The summed E-state index contributed by atoms with van der Waals surface area (Å²) >= 11 is 0. The molecule has 13 heavy (non-hydrogen) atoms. The van der Waals surface area contributed by atoms with Crippen LogP contribution in [0.5, 0.6) is 0 Å². The third-order valence-electron chi connectivity index (χ3n) is 2.71. The maximum absolute atomic E-state index is 9.93. The molecule has 0 amide bonds. The van der Waals surface area contributed by atoms with Crippen LogP contribution in [0.1, 0.15) is 59.8 Å². The summed E-state index contributed by atoms with van der Waals surface area (Å²) in [6.45, 7) is 8.12. The van der Waals surface area contributed by atoms with E-state index < -0.39 is 5.72 Å². The maximum Gasteiger partial charge on any atom is 0.118 e. The van der Waals surface area contributed by atoms with Gasteiger partial charge in [-0.1, -0.05) is 47.0 Å². The zero-order valence-corrected chi connectivity index (χ0v) is 9.56. The summed E-state index contributed by atoms with van der Waals surface area (Å²) in [5.41, 5.74) is 4.60. The van der Waals surface area contributed by atoms with Crippen LogP contribution in [0.15, 0.2) is 0 Å². The molecule has 0 bridgehead atoms. The van der Waals surface area contributed by atoms with Crippen LogP contribution in [0.3, 0.4) is 0 Å². The summed E-state index contributed by atoms with van der Waals surface area (Å²) in [4.78, 5) is 0. The Morgan fingerprint density at radius 2 is 1.62 bits per heavy atom. The molecule has 0 aromatic heterocycles. The van der Waals surface area contributed by atoms with Crippen molar-refractivity contribution in [2.24, 2.45) is 11.1 Å². The van der Waals surface area contributed by atoms with Crippen LogP contribution in [0, 0.1) is 5.41 Å². The highest BCUT2D eigenvalue weighted by Crippen LogP contribution is 2.30. The zero-order valence-electron chi connectivity index (χ0n) is 9.56. The summed E-state index contributed by atoms with van der Waals surface area (Å²) in [5.74, 6) is 0. The molecule has 0 aliphatic carbocycles. The highest BCUT2D eigenvalue weighted by molar-refractivity contribution is 4.84. The van der Waals surface area contributed by atoms with Gasteiger partial charge in [-0.3, -0.25) is 0 Å². The number of aliphatic hydroxyl groups is 1. The molecule has 0 fully saturated rings. The van der Waals surface area contributed by atoms with Crippen molar-refractivity contribution in [1.29, 1.82) is 0 Å². The lowest BCUT2D eigenvalue weighted by molar-refractivity contribution is -0.0609. The molecular weight excluding hydrogens is 162 g/mol. The molecule has 0 radical (unpaired) electrons. The summed E-state index contributed by atoms with van der Waals surface area (Å²) in [6, 6.07) is 0. The second-order valence-corrected chi connectivity index (χ2v) is 4.98. The first-order chi connectivity index (χ1) is 5.81. The first kappa shape index (κ1) is 12.9. The fourth-order valence-corrected chi connectivity index (χ4v) is 1.20. The SMILES string of the molecule is CCCCCCC(N)(O)C(C)(C)C. The molecule has 2 nitrogen and oxygen atoms in total. The van der Waals surface area contributed by atoms with Gasteiger partial charge in [0.2, 0.25) is 0 Å². The number of unbranched alkanes of at least 4 members (excludes halogenated alkanes) is 3. The third-order valence-corrected chi connectivity index (χ3v) is 2.71. The molecule has 1 unspecified atom stereocenters. The Balaban J connectivity index is 3.77.